The minimum Gasteiger partial charge on any atom is -0.384 e. The Hall–Kier alpha value is -1.79. The predicted octanol–water partition coefficient (Wildman–Crippen LogP) is 4.71. The number of hydrogen-bond acceptors (Lipinski definition) is 2. The molecule has 0 fully saturated rings. The second-order valence-corrected chi connectivity index (χ2v) is 6.36. The lowest BCUT2D eigenvalue weighted by Crippen LogP contribution is -2.27. The van der Waals surface area contributed by atoms with E-state index in [1.54, 1.807) is 0 Å². The smallest absolute Gasteiger partial charge is 0.0992 e. The van der Waals surface area contributed by atoms with E-state index in [0.717, 1.165) is 16.7 Å². The highest BCUT2D eigenvalue weighted by molar-refractivity contribution is 9.10. The van der Waals surface area contributed by atoms with Crippen molar-refractivity contribution in [3.8, 4) is 6.07 Å². The van der Waals surface area contributed by atoms with Gasteiger partial charge in [-0.25, -0.2) is 0 Å². The Balaban J connectivity index is 2.12. The minimum absolute atomic E-state index is 0.0242. The quantitative estimate of drug-likeness (QED) is 0.882. The van der Waals surface area contributed by atoms with Crippen LogP contribution in [0.25, 0.3) is 0 Å². The Labute approximate surface area is 128 Å². The summed E-state index contributed by atoms with van der Waals surface area (Å²) < 4.78 is 0.913. The number of rotatable bonds is 4. The van der Waals surface area contributed by atoms with Crippen LogP contribution in [0, 0.1) is 11.3 Å². The highest BCUT2D eigenvalue weighted by atomic mass is 79.9. The molecule has 3 heteroatoms. The van der Waals surface area contributed by atoms with E-state index in [9.17, 15) is 0 Å². The SMILES string of the molecule is CC(C)(CNc1cc(Br)cc(C#N)c1)c1ccccc1. The molecule has 0 saturated heterocycles. The molecule has 0 aliphatic rings. The van der Waals surface area contributed by atoms with Crippen molar-refractivity contribution in [2.24, 2.45) is 0 Å². The molecule has 0 aliphatic heterocycles. The Morgan fingerprint density at radius 3 is 2.50 bits per heavy atom. The van der Waals surface area contributed by atoms with Crippen molar-refractivity contribution in [3.63, 3.8) is 0 Å². The summed E-state index contributed by atoms with van der Waals surface area (Å²) in [5.41, 5.74) is 2.93. The maximum absolute atomic E-state index is 8.99. The number of nitriles is 1. The molecule has 0 bridgehead atoms. The van der Waals surface area contributed by atoms with E-state index in [-0.39, 0.29) is 5.41 Å². The van der Waals surface area contributed by atoms with Crippen molar-refractivity contribution in [3.05, 3.63) is 64.1 Å². The normalized spacial score (nSPS) is 10.9. The fourth-order valence-corrected chi connectivity index (χ4v) is 2.56. The van der Waals surface area contributed by atoms with Gasteiger partial charge in [-0.2, -0.15) is 5.26 Å². The van der Waals surface area contributed by atoms with Crippen molar-refractivity contribution in [1.29, 1.82) is 5.26 Å². The highest BCUT2D eigenvalue weighted by Gasteiger charge is 2.19. The summed E-state index contributed by atoms with van der Waals surface area (Å²) in [5.74, 6) is 0. The number of nitrogens with one attached hydrogen (secondary N) is 1. The van der Waals surface area contributed by atoms with Crippen LogP contribution in [0.15, 0.2) is 53.0 Å². The lowest BCUT2D eigenvalue weighted by molar-refractivity contribution is 0.557. The summed E-state index contributed by atoms with van der Waals surface area (Å²) in [6.45, 7) is 5.22. The molecular weight excluding hydrogens is 312 g/mol. The third kappa shape index (κ3) is 3.61. The Morgan fingerprint density at radius 1 is 1.15 bits per heavy atom. The topological polar surface area (TPSA) is 35.8 Å². The van der Waals surface area contributed by atoms with Crippen molar-refractivity contribution < 1.29 is 0 Å². The van der Waals surface area contributed by atoms with Crippen molar-refractivity contribution in [2.75, 3.05) is 11.9 Å². The lowest BCUT2D eigenvalue weighted by atomic mass is 9.84. The number of hydrogen-bond donors (Lipinski definition) is 1. The van der Waals surface area contributed by atoms with Gasteiger partial charge in [-0.05, 0) is 23.8 Å². The van der Waals surface area contributed by atoms with Crippen molar-refractivity contribution >= 4 is 21.6 Å². The van der Waals surface area contributed by atoms with Gasteiger partial charge in [0, 0.05) is 22.1 Å². The molecule has 0 aliphatic carbocycles. The molecule has 20 heavy (non-hydrogen) atoms. The number of benzene rings is 2. The molecule has 0 aromatic heterocycles. The standard InChI is InChI=1S/C17H17BrN2/c1-17(2,14-6-4-3-5-7-14)12-20-16-9-13(11-19)8-15(18)10-16/h3-10,20H,12H2,1-2H3. The minimum atomic E-state index is 0.0242. The molecule has 102 valence electrons. The number of halogens is 1. The van der Waals surface area contributed by atoms with E-state index >= 15 is 0 Å². The van der Waals surface area contributed by atoms with Crippen LogP contribution < -0.4 is 5.32 Å². The van der Waals surface area contributed by atoms with Gasteiger partial charge in [-0.15, -0.1) is 0 Å². The molecule has 0 amide bonds. The van der Waals surface area contributed by atoms with Gasteiger partial charge in [0.1, 0.15) is 0 Å². The second-order valence-electron chi connectivity index (χ2n) is 5.44. The summed E-state index contributed by atoms with van der Waals surface area (Å²) in [6.07, 6.45) is 0. The molecular formula is C17H17BrN2. The predicted molar refractivity (Wildman–Crippen MR) is 86.8 cm³/mol. The maximum Gasteiger partial charge on any atom is 0.0992 e. The van der Waals surface area contributed by atoms with Gasteiger partial charge in [0.05, 0.1) is 11.6 Å². The molecule has 0 atom stereocenters. The molecule has 2 aromatic carbocycles. The first-order chi connectivity index (χ1) is 9.51. The van der Waals surface area contributed by atoms with Gasteiger partial charge < -0.3 is 5.32 Å². The first-order valence-corrected chi connectivity index (χ1v) is 7.31. The Morgan fingerprint density at radius 2 is 1.85 bits per heavy atom. The molecule has 2 nitrogen and oxygen atoms in total. The molecule has 1 N–H and O–H groups in total. The van der Waals surface area contributed by atoms with E-state index in [1.165, 1.54) is 5.56 Å². The summed E-state index contributed by atoms with van der Waals surface area (Å²) >= 11 is 3.43. The fraction of sp³-hybridized carbons (Fsp3) is 0.235. The van der Waals surface area contributed by atoms with E-state index < -0.39 is 0 Å². The maximum atomic E-state index is 8.99. The lowest BCUT2D eigenvalue weighted by Gasteiger charge is -2.26. The summed E-state index contributed by atoms with van der Waals surface area (Å²) in [7, 11) is 0. The zero-order valence-corrected chi connectivity index (χ0v) is 13.2. The average Bonchev–Trinajstić information content (AvgIpc) is 2.45. The van der Waals surface area contributed by atoms with Crippen LogP contribution in [0.3, 0.4) is 0 Å². The summed E-state index contributed by atoms with van der Waals surface area (Å²) in [4.78, 5) is 0. The number of anilines is 1. The zero-order chi connectivity index (χ0) is 14.6. The van der Waals surface area contributed by atoms with E-state index in [2.05, 4.69) is 65.4 Å². The molecule has 0 radical (unpaired) electrons. The molecule has 0 saturated carbocycles. The van der Waals surface area contributed by atoms with E-state index in [0.29, 0.717) is 5.56 Å². The number of nitrogens with zero attached hydrogens (tertiary/aromatic N) is 1. The summed E-state index contributed by atoms with van der Waals surface area (Å²) in [5, 5.41) is 12.4. The van der Waals surface area contributed by atoms with Crippen molar-refractivity contribution in [2.45, 2.75) is 19.3 Å². The van der Waals surface area contributed by atoms with Gasteiger partial charge in [-0.1, -0.05) is 60.1 Å². The van der Waals surface area contributed by atoms with Crippen LogP contribution in [-0.2, 0) is 5.41 Å². The monoisotopic (exact) mass is 328 g/mol. The first-order valence-electron chi connectivity index (χ1n) is 6.51. The van der Waals surface area contributed by atoms with Crippen LogP contribution in [0.1, 0.15) is 25.0 Å². The zero-order valence-electron chi connectivity index (χ0n) is 11.7. The van der Waals surface area contributed by atoms with E-state index in [4.69, 9.17) is 5.26 Å². The van der Waals surface area contributed by atoms with Gasteiger partial charge in [-0.3, -0.25) is 0 Å². The largest absolute Gasteiger partial charge is 0.384 e. The van der Waals surface area contributed by atoms with Gasteiger partial charge in [0.2, 0.25) is 0 Å². The first kappa shape index (κ1) is 14.6. The van der Waals surface area contributed by atoms with Crippen LogP contribution in [0.5, 0.6) is 0 Å². The van der Waals surface area contributed by atoms with Crippen LogP contribution in [0.2, 0.25) is 0 Å². The molecule has 0 heterocycles. The van der Waals surface area contributed by atoms with Gasteiger partial charge >= 0.3 is 0 Å². The van der Waals surface area contributed by atoms with Crippen molar-refractivity contribution in [1.82, 2.24) is 0 Å². The molecule has 0 spiro atoms. The summed E-state index contributed by atoms with van der Waals surface area (Å²) in [6, 6.07) is 18.3. The fourth-order valence-electron chi connectivity index (χ4n) is 2.07. The van der Waals surface area contributed by atoms with Gasteiger partial charge in [0.15, 0.2) is 0 Å². The van der Waals surface area contributed by atoms with Gasteiger partial charge in [0.25, 0.3) is 0 Å². The highest BCUT2D eigenvalue weighted by Crippen LogP contribution is 2.25. The molecule has 2 aromatic rings. The van der Waals surface area contributed by atoms with Crippen LogP contribution in [-0.4, -0.2) is 6.54 Å². The average molecular weight is 329 g/mol. The molecule has 2 rings (SSSR count). The Bertz CT molecular complexity index is 627. The Kier molecular flexibility index (Phi) is 4.46. The van der Waals surface area contributed by atoms with Crippen LogP contribution in [0.4, 0.5) is 5.69 Å². The molecule has 0 unspecified atom stereocenters. The third-order valence-electron chi connectivity index (χ3n) is 3.32. The second kappa shape index (κ2) is 6.11. The van der Waals surface area contributed by atoms with Crippen LogP contribution >= 0.6 is 15.9 Å². The van der Waals surface area contributed by atoms with E-state index in [1.807, 2.05) is 24.3 Å². The third-order valence-corrected chi connectivity index (χ3v) is 3.77.